The molecule has 0 amide bonds. The van der Waals surface area contributed by atoms with Gasteiger partial charge in [-0.3, -0.25) is 4.98 Å². The van der Waals surface area contributed by atoms with E-state index in [1.54, 1.807) is 0 Å². The Kier molecular flexibility index (Phi) is 4.38. The van der Waals surface area contributed by atoms with Crippen LogP contribution in [0.2, 0.25) is 0 Å². The minimum atomic E-state index is 0.275. The smallest absolute Gasteiger partial charge is 0.0558 e. The van der Waals surface area contributed by atoms with Gasteiger partial charge in [0.05, 0.1) is 11.9 Å². The van der Waals surface area contributed by atoms with Crippen molar-refractivity contribution in [3.63, 3.8) is 0 Å². The molecule has 3 heteroatoms. The number of aryl methyl sites for hydroxylation is 1. The summed E-state index contributed by atoms with van der Waals surface area (Å²) in [6.45, 7) is 15.8. The lowest BCUT2D eigenvalue weighted by Gasteiger charge is -2.47. The summed E-state index contributed by atoms with van der Waals surface area (Å²) in [7, 11) is 0. The van der Waals surface area contributed by atoms with Crippen LogP contribution in [0.25, 0.3) is 0 Å². The minimum absolute atomic E-state index is 0.275. The first kappa shape index (κ1) is 15.3. The van der Waals surface area contributed by atoms with Gasteiger partial charge in [-0.1, -0.05) is 34.6 Å². The molecule has 0 saturated carbocycles. The fourth-order valence-electron chi connectivity index (χ4n) is 2.94. The lowest BCUT2D eigenvalue weighted by Crippen LogP contribution is -2.62. The molecule has 0 bridgehead atoms. The Morgan fingerprint density at radius 1 is 1.30 bits per heavy atom. The highest BCUT2D eigenvalue weighted by molar-refractivity contribution is 5.48. The van der Waals surface area contributed by atoms with E-state index in [1.165, 1.54) is 11.3 Å². The maximum atomic E-state index is 4.38. The first-order valence-electron chi connectivity index (χ1n) is 7.70. The van der Waals surface area contributed by atoms with Gasteiger partial charge in [0.25, 0.3) is 0 Å². The zero-order chi connectivity index (χ0) is 14.9. The number of hydrogen-bond donors (Lipinski definition) is 1. The molecule has 2 unspecified atom stereocenters. The summed E-state index contributed by atoms with van der Waals surface area (Å²) >= 11 is 0. The van der Waals surface area contributed by atoms with Crippen LogP contribution in [0.3, 0.4) is 0 Å². The Balaban J connectivity index is 2.28. The fraction of sp³-hybridized carbons (Fsp3) is 0.706. The van der Waals surface area contributed by atoms with Gasteiger partial charge in [-0.25, -0.2) is 0 Å². The zero-order valence-corrected chi connectivity index (χ0v) is 13.8. The van der Waals surface area contributed by atoms with Crippen molar-refractivity contribution >= 4 is 5.69 Å². The molecule has 2 atom stereocenters. The Hall–Kier alpha value is -1.09. The average Bonchev–Trinajstić information content (AvgIpc) is 2.37. The molecule has 20 heavy (non-hydrogen) atoms. The Morgan fingerprint density at radius 3 is 2.55 bits per heavy atom. The van der Waals surface area contributed by atoms with Crippen molar-refractivity contribution in [3.05, 3.63) is 24.0 Å². The molecule has 112 valence electrons. The second-order valence-corrected chi connectivity index (χ2v) is 7.51. The highest BCUT2D eigenvalue weighted by Crippen LogP contribution is 2.29. The third-order valence-electron chi connectivity index (χ3n) is 4.36. The number of pyridine rings is 1. The third-order valence-corrected chi connectivity index (χ3v) is 4.36. The summed E-state index contributed by atoms with van der Waals surface area (Å²) in [6.07, 6.45) is 3.94. The largest absolute Gasteiger partial charge is 0.364 e. The molecule has 1 aromatic rings. The van der Waals surface area contributed by atoms with Gasteiger partial charge in [0.2, 0.25) is 0 Å². The topological polar surface area (TPSA) is 28.2 Å². The zero-order valence-electron chi connectivity index (χ0n) is 13.8. The van der Waals surface area contributed by atoms with Crippen LogP contribution in [-0.2, 0) is 0 Å². The Bertz CT molecular complexity index is 448. The van der Waals surface area contributed by atoms with Crippen molar-refractivity contribution in [2.45, 2.75) is 53.6 Å². The quantitative estimate of drug-likeness (QED) is 0.898. The highest BCUT2D eigenvalue weighted by Gasteiger charge is 2.35. The maximum Gasteiger partial charge on any atom is 0.0558 e. The number of piperazine rings is 1. The van der Waals surface area contributed by atoms with Crippen LogP contribution in [0.4, 0.5) is 5.69 Å². The molecule has 1 N–H and O–H groups in total. The Morgan fingerprint density at radius 2 is 2.00 bits per heavy atom. The summed E-state index contributed by atoms with van der Waals surface area (Å²) in [5.74, 6) is 0.629. The second kappa shape index (κ2) is 5.72. The first-order chi connectivity index (χ1) is 9.29. The Labute approximate surface area is 123 Å². The van der Waals surface area contributed by atoms with Crippen LogP contribution in [0, 0.1) is 18.3 Å². The number of anilines is 1. The molecule has 0 aliphatic carbocycles. The van der Waals surface area contributed by atoms with E-state index < -0.39 is 0 Å². The molecule has 0 aromatic carbocycles. The second-order valence-electron chi connectivity index (χ2n) is 7.51. The molecule has 0 spiro atoms. The summed E-state index contributed by atoms with van der Waals surface area (Å²) in [4.78, 5) is 6.93. The molecule has 1 saturated heterocycles. The van der Waals surface area contributed by atoms with E-state index >= 15 is 0 Å². The van der Waals surface area contributed by atoms with E-state index in [4.69, 9.17) is 0 Å². The number of hydrogen-bond acceptors (Lipinski definition) is 3. The summed E-state index contributed by atoms with van der Waals surface area (Å²) in [5.41, 5.74) is 2.77. The minimum Gasteiger partial charge on any atom is -0.364 e. The standard InChI is InChI=1S/C17H29N3/c1-12(2)15-10-19-16(17(4,5)6)11-20(15)14-7-13(3)8-18-9-14/h7-9,12,15-16,19H,10-11H2,1-6H3. The van der Waals surface area contributed by atoms with Crippen LogP contribution < -0.4 is 10.2 Å². The van der Waals surface area contributed by atoms with Crippen LogP contribution in [0.15, 0.2) is 18.5 Å². The van der Waals surface area contributed by atoms with Gasteiger partial charge in [-0.05, 0) is 29.9 Å². The first-order valence-corrected chi connectivity index (χ1v) is 7.70. The molecule has 3 nitrogen and oxygen atoms in total. The fourth-order valence-corrected chi connectivity index (χ4v) is 2.94. The molecule has 1 aromatic heterocycles. The van der Waals surface area contributed by atoms with Crippen molar-refractivity contribution in [1.82, 2.24) is 10.3 Å². The van der Waals surface area contributed by atoms with Gasteiger partial charge in [0.1, 0.15) is 0 Å². The predicted octanol–water partition coefficient (Wildman–Crippen LogP) is 3.24. The average molecular weight is 275 g/mol. The molecule has 2 rings (SSSR count). The molecule has 0 radical (unpaired) electrons. The summed E-state index contributed by atoms with van der Waals surface area (Å²) in [5, 5.41) is 3.74. The van der Waals surface area contributed by atoms with E-state index in [2.05, 4.69) is 62.8 Å². The molecular formula is C17H29N3. The molecule has 1 fully saturated rings. The normalized spacial score (nSPS) is 24.2. The van der Waals surface area contributed by atoms with E-state index in [9.17, 15) is 0 Å². The number of aromatic nitrogens is 1. The van der Waals surface area contributed by atoms with Crippen LogP contribution in [0.1, 0.15) is 40.2 Å². The van der Waals surface area contributed by atoms with E-state index in [-0.39, 0.29) is 5.41 Å². The lowest BCUT2D eigenvalue weighted by molar-refractivity contribution is 0.220. The third kappa shape index (κ3) is 3.32. The number of nitrogens with one attached hydrogen (secondary N) is 1. The predicted molar refractivity (Wildman–Crippen MR) is 86.2 cm³/mol. The van der Waals surface area contributed by atoms with Gasteiger partial charge >= 0.3 is 0 Å². The number of rotatable bonds is 2. The van der Waals surface area contributed by atoms with E-state index in [0.29, 0.717) is 18.0 Å². The van der Waals surface area contributed by atoms with Crippen molar-refractivity contribution in [2.75, 3.05) is 18.0 Å². The van der Waals surface area contributed by atoms with Crippen molar-refractivity contribution in [2.24, 2.45) is 11.3 Å². The van der Waals surface area contributed by atoms with Gasteiger partial charge in [0, 0.05) is 31.4 Å². The highest BCUT2D eigenvalue weighted by atomic mass is 15.2. The summed E-state index contributed by atoms with van der Waals surface area (Å²) in [6, 6.07) is 3.31. The van der Waals surface area contributed by atoms with Crippen LogP contribution in [-0.4, -0.2) is 30.2 Å². The summed E-state index contributed by atoms with van der Waals surface area (Å²) < 4.78 is 0. The molecule has 1 aliphatic rings. The van der Waals surface area contributed by atoms with Crippen molar-refractivity contribution in [1.29, 1.82) is 0 Å². The lowest BCUT2D eigenvalue weighted by atomic mass is 9.83. The van der Waals surface area contributed by atoms with E-state index in [0.717, 1.165) is 13.1 Å². The van der Waals surface area contributed by atoms with Gasteiger partial charge in [0.15, 0.2) is 0 Å². The van der Waals surface area contributed by atoms with Crippen molar-refractivity contribution < 1.29 is 0 Å². The molecular weight excluding hydrogens is 246 g/mol. The van der Waals surface area contributed by atoms with Gasteiger partial charge in [-0.2, -0.15) is 0 Å². The van der Waals surface area contributed by atoms with Crippen LogP contribution in [0.5, 0.6) is 0 Å². The van der Waals surface area contributed by atoms with Gasteiger partial charge < -0.3 is 10.2 Å². The molecule has 1 aliphatic heterocycles. The maximum absolute atomic E-state index is 4.38. The van der Waals surface area contributed by atoms with Crippen LogP contribution >= 0.6 is 0 Å². The number of nitrogens with zero attached hydrogens (tertiary/aromatic N) is 2. The van der Waals surface area contributed by atoms with Crippen molar-refractivity contribution in [3.8, 4) is 0 Å². The monoisotopic (exact) mass is 275 g/mol. The van der Waals surface area contributed by atoms with Gasteiger partial charge in [-0.15, -0.1) is 0 Å². The van der Waals surface area contributed by atoms with E-state index in [1.807, 2.05) is 12.4 Å². The molecule has 2 heterocycles. The SMILES string of the molecule is Cc1cncc(N2CC(C(C)(C)C)NCC2C(C)C)c1.